The van der Waals surface area contributed by atoms with E-state index in [0.717, 1.165) is 11.1 Å². The van der Waals surface area contributed by atoms with E-state index in [-0.39, 0.29) is 5.92 Å². The molecule has 2 aliphatic carbocycles. The molecular formula is C15H17NO4. The van der Waals surface area contributed by atoms with Crippen LogP contribution >= 0.6 is 0 Å². The molecule has 2 aliphatic rings. The Labute approximate surface area is 116 Å². The van der Waals surface area contributed by atoms with Crippen molar-refractivity contribution in [1.29, 1.82) is 0 Å². The zero-order chi connectivity index (χ0) is 14.5. The summed E-state index contributed by atoms with van der Waals surface area (Å²) in [5.74, 6) is -3.32. The van der Waals surface area contributed by atoms with Crippen LogP contribution in [0.25, 0.3) is 0 Å². The predicted molar refractivity (Wildman–Crippen MR) is 71.1 cm³/mol. The molecular weight excluding hydrogens is 258 g/mol. The Kier molecular flexibility index (Phi) is 2.83. The van der Waals surface area contributed by atoms with Gasteiger partial charge in [-0.25, -0.2) is 0 Å². The SMILES string of the molecule is N[C@](C(=O)O)(C1Cc2ccccc2C1)C1C[C@@H]1C(=O)O. The molecule has 1 aromatic carbocycles. The quantitative estimate of drug-likeness (QED) is 0.758. The van der Waals surface area contributed by atoms with Gasteiger partial charge in [0, 0.05) is 5.92 Å². The molecule has 5 nitrogen and oxygen atoms in total. The van der Waals surface area contributed by atoms with Crippen LogP contribution in [-0.2, 0) is 22.4 Å². The van der Waals surface area contributed by atoms with E-state index < -0.39 is 29.3 Å². The number of benzene rings is 1. The average Bonchev–Trinajstić information content (AvgIpc) is 3.10. The zero-order valence-corrected chi connectivity index (χ0v) is 11.0. The molecule has 5 heteroatoms. The maximum atomic E-state index is 11.7. The Morgan fingerprint density at radius 3 is 2.10 bits per heavy atom. The second-order valence-electron chi connectivity index (χ2n) is 5.90. The van der Waals surface area contributed by atoms with Gasteiger partial charge in [0.05, 0.1) is 5.92 Å². The highest BCUT2D eigenvalue weighted by Crippen LogP contribution is 2.51. The molecule has 1 aromatic rings. The fourth-order valence-electron chi connectivity index (χ4n) is 3.53. The molecule has 4 N–H and O–H groups in total. The Morgan fingerprint density at radius 1 is 1.15 bits per heavy atom. The van der Waals surface area contributed by atoms with Crippen molar-refractivity contribution in [3.8, 4) is 0 Å². The van der Waals surface area contributed by atoms with Crippen LogP contribution in [0.2, 0.25) is 0 Å². The lowest BCUT2D eigenvalue weighted by atomic mass is 9.78. The summed E-state index contributed by atoms with van der Waals surface area (Å²) >= 11 is 0. The van der Waals surface area contributed by atoms with Gasteiger partial charge in [0.1, 0.15) is 5.54 Å². The summed E-state index contributed by atoms with van der Waals surface area (Å²) < 4.78 is 0. The van der Waals surface area contributed by atoms with E-state index in [1.807, 2.05) is 24.3 Å². The smallest absolute Gasteiger partial charge is 0.324 e. The van der Waals surface area contributed by atoms with Gasteiger partial charge in [0.2, 0.25) is 0 Å². The number of rotatable bonds is 4. The molecule has 0 amide bonds. The Hall–Kier alpha value is -1.88. The summed E-state index contributed by atoms with van der Waals surface area (Å²) in [5.41, 5.74) is 7.01. The number of carboxylic acids is 2. The van der Waals surface area contributed by atoms with Crippen LogP contribution in [0.1, 0.15) is 17.5 Å². The molecule has 3 atom stereocenters. The van der Waals surface area contributed by atoms with Crippen molar-refractivity contribution in [2.45, 2.75) is 24.8 Å². The first-order valence-corrected chi connectivity index (χ1v) is 6.76. The number of hydrogen-bond acceptors (Lipinski definition) is 3. The molecule has 0 spiro atoms. The highest BCUT2D eigenvalue weighted by molar-refractivity contribution is 5.84. The third-order valence-electron chi connectivity index (χ3n) is 4.82. The molecule has 1 fully saturated rings. The van der Waals surface area contributed by atoms with Gasteiger partial charge in [0.15, 0.2) is 0 Å². The monoisotopic (exact) mass is 275 g/mol. The lowest BCUT2D eigenvalue weighted by Gasteiger charge is -2.31. The van der Waals surface area contributed by atoms with Crippen LogP contribution in [0.3, 0.4) is 0 Å². The molecule has 0 heterocycles. The summed E-state index contributed by atoms with van der Waals surface area (Å²) in [6.45, 7) is 0. The molecule has 0 bridgehead atoms. The number of fused-ring (bicyclic) bond motifs is 1. The van der Waals surface area contributed by atoms with Crippen molar-refractivity contribution in [2.24, 2.45) is 23.5 Å². The highest BCUT2D eigenvalue weighted by atomic mass is 16.4. The first-order valence-electron chi connectivity index (χ1n) is 6.76. The van der Waals surface area contributed by atoms with Gasteiger partial charge in [-0.1, -0.05) is 24.3 Å². The molecule has 0 radical (unpaired) electrons. The third kappa shape index (κ3) is 1.81. The zero-order valence-electron chi connectivity index (χ0n) is 11.0. The summed E-state index contributed by atoms with van der Waals surface area (Å²) in [7, 11) is 0. The first-order chi connectivity index (χ1) is 9.44. The van der Waals surface area contributed by atoms with Crippen molar-refractivity contribution in [3.05, 3.63) is 35.4 Å². The Morgan fingerprint density at radius 2 is 1.70 bits per heavy atom. The van der Waals surface area contributed by atoms with E-state index in [4.69, 9.17) is 10.8 Å². The van der Waals surface area contributed by atoms with Crippen LogP contribution in [0.15, 0.2) is 24.3 Å². The van der Waals surface area contributed by atoms with Crippen LogP contribution in [0.5, 0.6) is 0 Å². The lowest BCUT2D eigenvalue weighted by molar-refractivity contribution is -0.147. The Balaban J connectivity index is 1.87. The minimum atomic E-state index is -1.44. The second-order valence-corrected chi connectivity index (χ2v) is 5.90. The van der Waals surface area contributed by atoms with Gasteiger partial charge in [-0.3, -0.25) is 9.59 Å². The summed E-state index contributed by atoms with van der Waals surface area (Å²) in [6.07, 6.45) is 1.59. The Bertz CT molecular complexity index is 560. The highest BCUT2D eigenvalue weighted by Gasteiger charge is 2.61. The van der Waals surface area contributed by atoms with Crippen LogP contribution in [-0.4, -0.2) is 27.7 Å². The van der Waals surface area contributed by atoms with E-state index >= 15 is 0 Å². The second kappa shape index (κ2) is 4.31. The maximum absolute atomic E-state index is 11.7. The molecule has 20 heavy (non-hydrogen) atoms. The standard InChI is InChI=1S/C15H17NO4/c16-15(14(19)20,12-7-11(12)13(17)18)10-5-8-3-1-2-4-9(8)6-10/h1-4,10-12H,5-7,16H2,(H,17,18)(H,19,20)/t11-,12?,15+/m0/s1. The van der Waals surface area contributed by atoms with Crippen molar-refractivity contribution in [3.63, 3.8) is 0 Å². The van der Waals surface area contributed by atoms with E-state index in [1.54, 1.807) is 0 Å². The van der Waals surface area contributed by atoms with E-state index in [9.17, 15) is 14.7 Å². The number of hydrogen-bond donors (Lipinski definition) is 3. The van der Waals surface area contributed by atoms with E-state index in [0.29, 0.717) is 19.3 Å². The number of carboxylic acid groups (broad SMARTS) is 2. The number of carbonyl (C=O) groups is 2. The van der Waals surface area contributed by atoms with Crippen molar-refractivity contribution in [1.82, 2.24) is 0 Å². The first kappa shape index (κ1) is 13.1. The fraction of sp³-hybridized carbons (Fsp3) is 0.467. The van der Waals surface area contributed by atoms with Gasteiger partial charge in [-0.2, -0.15) is 0 Å². The fourth-order valence-corrected chi connectivity index (χ4v) is 3.53. The molecule has 0 aromatic heterocycles. The van der Waals surface area contributed by atoms with Crippen LogP contribution < -0.4 is 5.73 Å². The summed E-state index contributed by atoms with van der Waals surface area (Å²) in [6, 6.07) is 7.83. The predicted octanol–water partition coefficient (Wildman–Crippen LogP) is 0.904. The third-order valence-corrected chi connectivity index (χ3v) is 4.82. The summed E-state index contributed by atoms with van der Waals surface area (Å²) in [4.78, 5) is 22.7. The van der Waals surface area contributed by atoms with Crippen LogP contribution in [0.4, 0.5) is 0 Å². The minimum absolute atomic E-state index is 0.230. The molecule has 0 aliphatic heterocycles. The lowest BCUT2D eigenvalue weighted by Crippen LogP contribution is -2.57. The summed E-state index contributed by atoms with van der Waals surface area (Å²) in [5, 5.41) is 18.6. The normalized spacial score (nSPS) is 27.6. The molecule has 1 saturated carbocycles. The average molecular weight is 275 g/mol. The van der Waals surface area contributed by atoms with Crippen molar-refractivity contribution >= 4 is 11.9 Å². The number of nitrogens with two attached hydrogens (primary N) is 1. The topological polar surface area (TPSA) is 101 Å². The minimum Gasteiger partial charge on any atom is -0.481 e. The van der Waals surface area contributed by atoms with Gasteiger partial charge < -0.3 is 15.9 Å². The van der Waals surface area contributed by atoms with Gasteiger partial charge in [-0.15, -0.1) is 0 Å². The maximum Gasteiger partial charge on any atom is 0.324 e. The molecule has 106 valence electrons. The van der Waals surface area contributed by atoms with Crippen molar-refractivity contribution < 1.29 is 19.8 Å². The van der Waals surface area contributed by atoms with Gasteiger partial charge in [0.25, 0.3) is 0 Å². The van der Waals surface area contributed by atoms with E-state index in [2.05, 4.69) is 0 Å². The largest absolute Gasteiger partial charge is 0.481 e. The molecule has 0 saturated heterocycles. The van der Waals surface area contributed by atoms with Crippen LogP contribution in [0, 0.1) is 17.8 Å². The van der Waals surface area contributed by atoms with Crippen molar-refractivity contribution in [2.75, 3.05) is 0 Å². The van der Waals surface area contributed by atoms with Gasteiger partial charge in [-0.05, 0) is 36.3 Å². The van der Waals surface area contributed by atoms with E-state index in [1.165, 1.54) is 0 Å². The van der Waals surface area contributed by atoms with Gasteiger partial charge >= 0.3 is 11.9 Å². The number of aliphatic carboxylic acids is 2. The molecule has 3 rings (SSSR count). The molecule has 1 unspecified atom stereocenters.